The molecule has 0 radical (unpaired) electrons. The van der Waals surface area contributed by atoms with E-state index in [1.165, 1.54) is 6.07 Å². The average Bonchev–Trinajstić information content (AvgIpc) is 2.15. The van der Waals surface area contributed by atoms with Gasteiger partial charge in [-0.2, -0.15) is 0 Å². The molecule has 2 heteroatoms. The van der Waals surface area contributed by atoms with Gasteiger partial charge < -0.3 is 5.11 Å². The summed E-state index contributed by atoms with van der Waals surface area (Å²) in [6.45, 7) is 2.13. The predicted molar refractivity (Wildman–Crippen MR) is 59.5 cm³/mol. The van der Waals surface area contributed by atoms with Crippen LogP contribution in [0, 0.1) is 11.8 Å². The van der Waals surface area contributed by atoms with E-state index in [0.29, 0.717) is 5.02 Å². The molecule has 1 aromatic carbocycles. The summed E-state index contributed by atoms with van der Waals surface area (Å²) in [6, 6.07) is 4.83. The normalized spacial score (nSPS) is 9.29. The molecule has 0 fully saturated rings. The number of hydrogen-bond acceptors (Lipinski definition) is 1. The summed E-state index contributed by atoms with van der Waals surface area (Å²) in [5, 5.41) is 9.62. The highest BCUT2D eigenvalue weighted by Crippen LogP contribution is 2.20. The van der Waals surface area contributed by atoms with Crippen molar-refractivity contribution in [1.29, 1.82) is 0 Å². The molecule has 0 aliphatic carbocycles. The van der Waals surface area contributed by atoms with Gasteiger partial charge in [0, 0.05) is 12.0 Å². The van der Waals surface area contributed by atoms with Crippen molar-refractivity contribution in [2.24, 2.45) is 0 Å². The van der Waals surface area contributed by atoms with Crippen molar-refractivity contribution in [3.8, 4) is 17.6 Å². The van der Waals surface area contributed by atoms with Crippen molar-refractivity contribution in [2.45, 2.75) is 26.2 Å². The summed E-state index contributed by atoms with van der Waals surface area (Å²) in [4.78, 5) is 0. The van der Waals surface area contributed by atoms with Gasteiger partial charge in [-0.3, -0.25) is 0 Å². The molecular formula is C12H13ClO. The van der Waals surface area contributed by atoms with E-state index in [9.17, 15) is 0 Å². The largest absolute Gasteiger partial charge is 0.508 e. The maximum absolute atomic E-state index is 9.11. The van der Waals surface area contributed by atoms with Crippen LogP contribution in [-0.4, -0.2) is 5.11 Å². The molecule has 0 atom stereocenters. The molecule has 0 bridgehead atoms. The summed E-state index contributed by atoms with van der Waals surface area (Å²) in [5.74, 6) is 6.20. The Balaban J connectivity index is 2.70. The Bertz CT molecular complexity index is 360. The van der Waals surface area contributed by atoms with Crippen LogP contribution < -0.4 is 0 Å². The number of aromatic hydroxyl groups is 1. The van der Waals surface area contributed by atoms with E-state index in [4.69, 9.17) is 16.7 Å². The van der Waals surface area contributed by atoms with E-state index in [1.807, 2.05) is 0 Å². The van der Waals surface area contributed by atoms with Gasteiger partial charge in [0.05, 0.1) is 5.02 Å². The van der Waals surface area contributed by atoms with Crippen molar-refractivity contribution in [2.75, 3.05) is 0 Å². The summed E-state index contributed by atoms with van der Waals surface area (Å²) >= 11 is 5.88. The van der Waals surface area contributed by atoms with Crippen LogP contribution in [0.2, 0.25) is 5.02 Å². The first kappa shape index (κ1) is 10.9. The fraction of sp³-hybridized carbons (Fsp3) is 0.333. The van der Waals surface area contributed by atoms with Crippen LogP contribution in [0.4, 0.5) is 0 Å². The lowest BCUT2D eigenvalue weighted by Gasteiger charge is -1.95. The summed E-state index contributed by atoms with van der Waals surface area (Å²) < 4.78 is 0. The number of benzene rings is 1. The van der Waals surface area contributed by atoms with E-state index < -0.39 is 0 Å². The number of phenols is 1. The molecule has 0 saturated heterocycles. The zero-order chi connectivity index (χ0) is 10.4. The van der Waals surface area contributed by atoms with Gasteiger partial charge in [0.15, 0.2) is 0 Å². The molecule has 1 aromatic rings. The van der Waals surface area contributed by atoms with Gasteiger partial charge in [0.1, 0.15) is 5.75 Å². The molecule has 0 aliphatic heterocycles. The standard InChI is InChI=1S/C12H13ClO/c1-2-3-4-5-6-10-7-8-11(14)9-12(10)13/h7-9,14H,2-4H2,1H3. The molecular weight excluding hydrogens is 196 g/mol. The first-order valence-corrected chi connectivity index (χ1v) is 5.09. The van der Waals surface area contributed by atoms with Gasteiger partial charge in [-0.25, -0.2) is 0 Å². The minimum atomic E-state index is 0.175. The Morgan fingerprint density at radius 2 is 2.21 bits per heavy atom. The molecule has 0 saturated carbocycles. The van der Waals surface area contributed by atoms with Gasteiger partial charge >= 0.3 is 0 Å². The number of hydrogen-bond donors (Lipinski definition) is 1. The van der Waals surface area contributed by atoms with Crippen molar-refractivity contribution < 1.29 is 5.11 Å². The monoisotopic (exact) mass is 208 g/mol. The summed E-state index contributed by atoms with van der Waals surface area (Å²) in [6.07, 6.45) is 3.16. The van der Waals surface area contributed by atoms with Gasteiger partial charge in [0.2, 0.25) is 0 Å². The third kappa shape index (κ3) is 3.32. The molecule has 0 aromatic heterocycles. The lowest BCUT2D eigenvalue weighted by Crippen LogP contribution is -1.76. The number of halogens is 1. The Labute approximate surface area is 89.7 Å². The number of phenolic OH excluding ortho intramolecular Hbond substituents is 1. The second kappa shape index (κ2) is 5.57. The molecule has 0 amide bonds. The maximum atomic E-state index is 9.11. The minimum Gasteiger partial charge on any atom is -0.508 e. The van der Waals surface area contributed by atoms with E-state index in [1.54, 1.807) is 12.1 Å². The minimum absolute atomic E-state index is 0.175. The predicted octanol–water partition coefficient (Wildman–Crippen LogP) is 3.59. The SMILES string of the molecule is CCCCC#Cc1ccc(O)cc1Cl. The van der Waals surface area contributed by atoms with Crippen molar-refractivity contribution >= 4 is 11.6 Å². The first-order chi connectivity index (χ1) is 6.74. The second-order valence-electron chi connectivity index (χ2n) is 3.07. The van der Waals surface area contributed by atoms with Gasteiger partial charge in [-0.05, 0) is 24.6 Å². The maximum Gasteiger partial charge on any atom is 0.117 e. The van der Waals surface area contributed by atoms with E-state index in [0.717, 1.165) is 24.8 Å². The Kier molecular flexibility index (Phi) is 4.35. The number of rotatable bonds is 2. The average molecular weight is 209 g/mol. The van der Waals surface area contributed by atoms with Crippen LogP contribution in [0.15, 0.2) is 18.2 Å². The molecule has 0 aliphatic rings. The fourth-order valence-corrected chi connectivity index (χ4v) is 1.25. The van der Waals surface area contributed by atoms with Crippen LogP contribution in [0.1, 0.15) is 31.7 Å². The van der Waals surface area contributed by atoms with Crippen molar-refractivity contribution in [3.05, 3.63) is 28.8 Å². The van der Waals surface area contributed by atoms with Gasteiger partial charge in [0.25, 0.3) is 0 Å². The zero-order valence-corrected chi connectivity index (χ0v) is 8.93. The van der Waals surface area contributed by atoms with Crippen molar-refractivity contribution in [1.82, 2.24) is 0 Å². The molecule has 74 valence electrons. The van der Waals surface area contributed by atoms with E-state index in [2.05, 4.69) is 18.8 Å². The van der Waals surface area contributed by atoms with Gasteiger partial charge in [-0.1, -0.05) is 36.8 Å². The zero-order valence-electron chi connectivity index (χ0n) is 8.18. The summed E-state index contributed by atoms with van der Waals surface area (Å²) in [5.41, 5.74) is 0.778. The molecule has 1 rings (SSSR count). The highest BCUT2D eigenvalue weighted by Gasteiger charge is 1.96. The third-order valence-corrected chi connectivity index (χ3v) is 2.14. The van der Waals surface area contributed by atoms with Crippen LogP contribution in [0.3, 0.4) is 0 Å². The number of unbranched alkanes of at least 4 members (excludes halogenated alkanes) is 2. The van der Waals surface area contributed by atoms with Crippen LogP contribution in [0.25, 0.3) is 0 Å². The molecule has 0 unspecified atom stereocenters. The van der Waals surface area contributed by atoms with Gasteiger partial charge in [-0.15, -0.1) is 0 Å². The highest BCUT2D eigenvalue weighted by atomic mass is 35.5. The van der Waals surface area contributed by atoms with Crippen LogP contribution in [0.5, 0.6) is 5.75 Å². The quantitative estimate of drug-likeness (QED) is 0.582. The molecule has 1 nitrogen and oxygen atoms in total. The van der Waals surface area contributed by atoms with E-state index >= 15 is 0 Å². The Morgan fingerprint density at radius 1 is 1.43 bits per heavy atom. The molecule has 0 spiro atoms. The van der Waals surface area contributed by atoms with Crippen molar-refractivity contribution in [3.63, 3.8) is 0 Å². The third-order valence-electron chi connectivity index (χ3n) is 1.83. The highest BCUT2D eigenvalue weighted by molar-refractivity contribution is 6.31. The lowest BCUT2D eigenvalue weighted by atomic mass is 10.2. The first-order valence-electron chi connectivity index (χ1n) is 4.71. The topological polar surface area (TPSA) is 20.2 Å². The summed E-state index contributed by atoms with van der Waals surface area (Å²) in [7, 11) is 0. The second-order valence-corrected chi connectivity index (χ2v) is 3.48. The molecule has 14 heavy (non-hydrogen) atoms. The Hall–Kier alpha value is -1.13. The smallest absolute Gasteiger partial charge is 0.117 e. The van der Waals surface area contributed by atoms with E-state index in [-0.39, 0.29) is 5.75 Å². The Morgan fingerprint density at radius 3 is 2.86 bits per heavy atom. The van der Waals surface area contributed by atoms with Crippen LogP contribution in [-0.2, 0) is 0 Å². The fourth-order valence-electron chi connectivity index (χ4n) is 1.03. The lowest BCUT2D eigenvalue weighted by molar-refractivity contribution is 0.475. The van der Waals surface area contributed by atoms with Crippen LogP contribution >= 0.6 is 11.6 Å². The molecule has 0 heterocycles. The molecule has 1 N–H and O–H groups in total.